The highest BCUT2D eigenvalue weighted by atomic mass is 16.7. The van der Waals surface area contributed by atoms with Gasteiger partial charge in [-0.1, -0.05) is 0 Å². The minimum Gasteiger partial charge on any atom is -0.394 e. The summed E-state index contributed by atoms with van der Waals surface area (Å²) in [4.78, 5) is 0. The molecule has 6 N–H and O–H groups in total. The normalized spacial score (nSPS) is 40.5. The summed E-state index contributed by atoms with van der Waals surface area (Å²) in [5.74, 6) is -1.44. The van der Waals surface area contributed by atoms with Gasteiger partial charge in [-0.15, -0.1) is 0 Å². The van der Waals surface area contributed by atoms with Crippen molar-refractivity contribution < 1.29 is 35.0 Å². The summed E-state index contributed by atoms with van der Waals surface area (Å²) in [7, 11) is 1.28. The summed E-state index contributed by atoms with van der Waals surface area (Å²) in [5.41, 5.74) is 7.35. The van der Waals surface area contributed by atoms with Gasteiger partial charge in [-0.05, 0) is 0 Å². The molecule has 0 aliphatic carbocycles. The van der Waals surface area contributed by atoms with Gasteiger partial charge in [0.15, 0.2) is 5.79 Å². The fourth-order valence-corrected chi connectivity index (χ4v) is 1.94. The molecule has 1 aliphatic rings. The van der Waals surface area contributed by atoms with Crippen LogP contribution in [0.1, 0.15) is 6.42 Å². The second-order valence-corrected chi connectivity index (χ2v) is 4.38. The van der Waals surface area contributed by atoms with Crippen molar-refractivity contribution in [2.24, 2.45) is 0 Å². The first-order chi connectivity index (χ1) is 8.40. The van der Waals surface area contributed by atoms with E-state index in [1.54, 1.807) is 0 Å². The molecule has 6 atom stereocenters. The van der Waals surface area contributed by atoms with Gasteiger partial charge in [0.05, 0.1) is 19.3 Å². The van der Waals surface area contributed by atoms with Gasteiger partial charge < -0.3 is 35.0 Å². The zero-order valence-corrected chi connectivity index (χ0v) is 10.1. The van der Waals surface area contributed by atoms with Crippen molar-refractivity contribution in [1.82, 2.24) is 5.73 Å². The Morgan fingerprint density at radius 3 is 2.50 bits per heavy atom. The molecule has 0 aromatic carbocycles. The monoisotopic (exact) mass is 266 g/mol. The topological polar surface area (TPSA) is 143 Å². The van der Waals surface area contributed by atoms with Crippen molar-refractivity contribution in [1.29, 1.82) is 0 Å². The molecule has 1 aliphatic heterocycles. The van der Waals surface area contributed by atoms with Gasteiger partial charge in [-0.2, -0.15) is 0 Å². The van der Waals surface area contributed by atoms with Crippen LogP contribution in [0.2, 0.25) is 0 Å². The van der Waals surface area contributed by atoms with Crippen LogP contribution in [-0.4, -0.2) is 82.1 Å². The Bertz CT molecular complexity index is 261. The Labute approximate surface area is 105 Å². The Morgan fingerprint density at radius 2 is 2.06 bits per heavy atom. The molecule has 1 saturated heterocycles. The molecule has 18 heavy (non-hydrogen) atoms. The van der Waals surface area contributed by atoms with Gasteiger partial charge in [0, 0.05) is 13.5 Å². The minimum atomic E-state index is -1.60. The Kier molecular flexibility index (Phi) is 5.44. The molecule has 8 heteroatoms. The molecular weight excluding hydrogens is 246 g/mol. The van der Waals surface area contributed by atoms with E-state index >= 15 is 0 Å². The van der Waals surface area contributed by atoms with Crippen LogP contribution in [0.5, 0.6) is 0 Å². The highest BCUT2D eigenvalue weighted by Crippen LogP contribution is 2.31. The van der Waals surface area contributed by atoms with Gasteiger partial charge in [0.2, 0.25) is 0 Å². The Hall–Kier alpha value is -0.320. The molecule has 0 aromatic heterocycles. The molecule has 107 valence electrons. The molecule has 1 heterocycles. The van der Waals surface area contributed by atoms with E-state index in [0.29, 0.717) is 0 Å². The molecule has 0 saturated carbocycles. The number of rotatable bonds is 5. The van der Waals surface area contributed by atoms with Crippen LogP contribution in [0.25, 0.3) is 0 Å². The quantitative estimate of drug-likeness (QED) is 0.353. The van der Waals surface area contributed by atoms with Crippen molar-refractivity contribution in [2.45, 2.75) is 42.7 Å². The lowest BCUT2D eigenvalue weighted by molar-refractivity contribution is -0.325. The van der Waals surface area contributed by atoms with E-state index < -0.39 is 42.9 Å². The Morgan fingerprint density at radius 1 is 1.44 bits per heavy atom. The maximum atomic E-state index is 9.73. The smallest absolute Gasteiger partial charge is 0.184 e. The third-order valence-corrected chi connectivity index (χ3v) is 3.16. The van der Waals surface area contributed by atoms with E-state index in [-0.39, 0.29) is 13.0 Å². The lowest BCUT2D eigenvalue weighted by Gasteiger charge is -2.45. The van der Waals surface area contributed by atoms with Gasteiger partial charge in [0.25, 0.3) is 0 Å². The van der Waals surface area contributed by atoms with Crippen LogP contribution in [0.15, 0.2) is 0 Å². The molecule has 0 aromatic rings. The van der Waals surface area contributed by atoms with Gasteiger partial charge in [-0.3, -0.25) is 5.73 Å². The number of aliphatic hydroxyl groups is 5. The first kappa shape index (κ1) is 15.7. The van der Waals surface area contributed by atoms with E-state index in [4.69, 9.17) is 20.3 Å². The number of hydrogen-bond acceptors (Lipinski definition) is 7. The zero-order valence-electron chi connectivity index (χ0n) is 10.1. The molecule has 1 fully saturated rings. The average Bonchev–Trinajstić information content (AvgIpc) is 2.40. The summed E-state index contributed by atoms with van der Waals surface area (Å²) in [5, 5.41) is 47.3. The first-order valence-corrected chi connectivity index (χ1v) is 5.61. The van der Waals surface area contributed by atoms with Gasteiger partial charge in [-0.25, -0.2) is 0 Å². The summed E-state index contributed by atoms with van der Waals surface area (Å²) in [6, 6.07) is 0. The predicted octanol–water partition coefficient (Wildman–Crippen LogP) is -3.16. The average molecular weight is 266 g/mol. The van der Waals surface area contributed by atoms with Crippen molar-refractivity contribution in [3.8, 4) is 0 Å². The largest absolute Gasteiger partial charge is 0.394 e. The second-order valence-electron chi connectivity index (χ2n) is 4.38. The molecular formula is C10H20NO7. The Balaban J connectivity index is 2.88. The molecule has 0 bridgehead atoms. The number of nitrogens with one attached hydrogen (secondary N) is 1. The minimum absolute atomic E-state index is 0.118. The van der Waals surface area contributed by atoms with E-state index in [1.807, 2.05) is 0 Å². The fraction of sp³-hybridized carbons (Fsp3) is 1.00. The molecule has 1 rings (SSSR count). The SMILES string of the molecule is CO[C@@]1(C[NH])C[C@H](O)[C@@H](O)[C@H]([C@H](O)[C@@H](O)CO)O1. The van der Waals surface area contributed by atoms with Crippen LogP contribution in [0.3, 0.4) is 0 Å². The number of methoxy groups -OCH3 is 1. The molecule has 0 amide bonds. The van der Waals surface area contributed by atoms with Gasteiger partial charge >= 0.3 is 0 Å². The van der Waals surface area contributed by atoms with E-state index in [0.717, 1.165) is 0 Å². The highest BCUT2D eigenvalue weighted by Gasteiger charge is 2.49. The molecule has 0 unspecified atom stereocenters. The fourth-order valence-electron chi connectivity index (χ4n) is 1.94. The van der Waals surface area contributed by atoms with Gasteiger partial charge in [0.1, 0.15) is 24.4 Å². The van der Waals surface area contributed by atoms with Crippen LogP contribution >= 0.6 is 0 Å². The molecule has 8 nitrogen and oxygen atoms in total. The summed E-state index contributed by atoms with van der Waals surface area (Å²) >= 11 is 0. The summed E-state index contributed by atoms with van der Waals surface area (Å²) in [6.45, 7) is -1.06. The van der Waals surface area contributed by atoms with Crippen LogP contribution in [0.4, 0.5) is 0 Å². The molecule has 1 radical (unpaired) electrons. The predicted molar refractivity (Wildman–Crippen MR) is 58.3 cm³/mol. The van der Waals surface area contributed by atoms with Crippen molar-refractivity contribution in [3.63, 3.8) is 0 Å². The number of hydrogen-bond donors (Lipinski definition) is 5. The first-order valence-electron chi connectivity index (χ1n) is 5.61. The van der Waals surface area contributed by atoms with E-state index in [1.165, 1.54) is 7.11 Å². The maximum absolute atomic E-state index is 9.73. The number of ether oxygens (including phenoxy) is 2. The van der Waals surface area contributed by atoms with Crippen molar-refractivity contribution in [3.05, 3.63) is 0 Å². The summed E-state index contributed by atoms with van der Waals surface area (Å²) < 4.78 is 10.3. The third kappa shape index (κ3) is 2.98. The van der Waals surface area contributed by atoms with Crippen molar-refractivity contribution in [2.75, 3.05) is 20.3 Å². The molecule has 0 spiro atoms. The van der Waals surface area contributed by atoms with Crippen molar-refractivity contribution >= 4 is 0 Å². The second kappa shape index (κ2) is 6.22. The standard InChI is InChI=1S/C10H20NO7/c1-17-10(4-11)2-5(13)7(15)9(18-10)8(16)6(14)3-12/h5-9,11-16H,2-4H2,1H3/t5-,6-,7+,8+,9+,10-/m0/s1. The summed E-state index contributed by atoms with van der Waals surface area (Å²) in [6.07, 6.45) is -7.27. The lowest BCUT2D eigenvalue weighted by atomic mass is 9.91. The van der Waals surface area contributed by atoms with Crippen LogP contribution < -0.4 is 5.73 Å². The highest BCUT2D eigenvalue weighted by molar-refractivity contribution is 4.95. The van der Waals surface area contributed by atoms with Crippen LogP contribution in [-0.2, 0) is 9.47 Å². The number of aliphatic hydroxyl groups excluding tert-OH is 5. The maximum Gasteiger partial charge on any atom is 0.184 e. The van der Waals surface area contributed by atoms with E-state index in [9.17, 15) is 20.4 Å². The lowest BCUT2D eigenvalue weighted by Crippen LogP contribution is -2.62. The zero-order chi connectivity index (χ0) is 13.9. The van der Waals surface area contributed by atoms with Crippen LogP contribution in [0, 0.1) is 0 Å². The van der Waals surface area contributed by atoms with E-state index in [2.05, 4.69) is 0 Å². The third-order valence-electron chi connectivity index (χ3n) is 3.16.